The molecule has 5 heteroatoms. The highest BCUT2D eigenvalue weighted by atomic mass is 16.4. The van der Waals surface area contributed by atoms with E-state index in [1.165, 1.54) is 0 Å². The molecule has 0 radical (unpaired) electrons. The minimum atomic E-state index is -0.803. The van der Waals surface area contributed by atoms with E-state index in [9.17, 15) is 9.59 Å². The molecule has 0 spiro atoms. The van der Waals surface area contributed by atoms with Gasteiger partial charge in [0.1, 0.15) is 0 Å². The predicted octanol–water partition coefficient (Wildman–Crippen LogP) is 0.655. The van der Waals surface area contributed by atoms with Crippen molar-refractivity contribution in [2.75, 3.05) is 13.1 Å². The fourth-order valence-corrected chi connectivity index (χ4v) is 1.80. The van der Waals surface area contributed by atoms with Crippen LogP contribution in [-0.4, -0.2) is 40.6 Å². The van der Waals surface area contributed by atoms with E-state index in [1.54, 1.807) is 4.90 Å². The van der Waals surface area contributed by atoms with Crippen molar-refractivity contribution >= 4 is 12.0 Å². The van der Waals surface area contributed by atoms with E-state index in [2.05, 4.69) is 5.32 Å². The van der Waals surface area contributed by atoms with Gasteiger partial charge >= 0.3 is 12.0 Å². The van der Waals surface area contributed by atoms with Gasteiger partial charge in [0, 0.05) is 18.6 Å². The summed E-state index contributed by atoms with van der Waals surface area (Å²) in [5.41, 5.74) is -0.0294. The number of carbonyl (C=O) groups is 2. The fourth-order valence-electron chi connectivity index (χ4n) is 1.80. The highest BCUT2D eigenvalue weighted by molar-refractivity contribution is 5.78. The van der Waals surface area contributed by atoms with E-state index in [1.807, 2.05) is 6.92 Å². The Morgan fingerprint density at radius 3 is 2.60 bits per heavy atom. The number of carbonyl (C=O) groups excluding carboxylic acids is 1. The summed E-state index contributed by atoms with van der Waals surface area (Å²) < 4.78 is 0. The maximum absolute atomic E-state index is 11.7. The van der Waals surface area contributed by atoms with Crippen molar-refractivity contribution in [1.82, 2.24) is 10.2 Å². The quantitative estimate of drug-likeness (QED) is 0.706. The van der Waals surface area contributed by atoms with Crippen LogP contribution in [0.5, 0.6) is 0 Å². The molecule has 1 heterocycles. The minimum Gasteiger partial charge on any atom is -0.481 e. The molecule has 1 saturated carbocycles. The van der Waals surface area contributed by atoms with Gasteiger partial charge in [-0.25, -0.2) is 4.79 Å². The van der Waals surface area contributed by atoms with Gasteiger partial charge in [-0.15, -0.1) is 0 Å². The van der Waals surface area contributed by atoms with Crippen molar-refractivity contribution in [3.05, 3.63) is 0 Å². The average molecular weight is 212 g/mol. The first-order valence-electron chi connectivity index (χ1n) is 5.30. The van der Waals surface area contributed by atoms with E-state index >= 15 is 0 Å². The third kappa shape index (κ3) is 2.22. The topological polar surface area (TPSA) is 69.6 Å². The van der Waals surface area contributed by atoms with Gasteiger partial charge in [-0.3, -0.25) is 4.79 Å². The molecule has 1 aliphatic carbocycles. The number of urea groups is 1. The zero-order valence-corrected chi connectivity index (χ0v) is 8.82. The first-order valence-corrected chi connectivity index (χ1v) is 5.30. The molecule has 5 nitrogen and oxygen atoms in total. The molecule has 0 bridgehead atoms. The van der Waals surface area contributed by atoms with Gasteiger partial charge in [0.15, 0.2) is 0 Å². The van der Waals surface area contributed by atoms with Gasteiger partial charge in [0.25, 0.3) is 0 Å². The van der Waals surface area contributed by atoms with Crippen molar-refractivity contribution in [3.63, 3.8) is 0 Å². The van der Waals surface area contributed by atoms with Crippen molar-refractivity contribution < 1.29 is 14.7 Å². The summed E-state index contributed by atoms with van der Waals surface area (Å²) in [5, 5.41) is 11.7. The Balaban J connectivity index is 1.85. The van der Waals surface area contributed by atoms with E-state index in [0.717, 1.165) is 12.8 Å². The Hall–Kier alpha value is -1.26. The zero-order chi connectivity index (χ0) is 11.1. The van der Waals surface area contributed by atoms with Gasteiger partial charge in [0.2, 0.25) is 0 Å². The van der Waals surface area contributed by atoms with Crippen LogP contribution in [-0.2, 0) is 4.79 Å². The van der Waals surface area contributed by atoms with Crippen LogP contribution in [0.15, 0.2) is 0 Å². The van der Waals surface area contributed by atoms with Crippen LogP contribution in [0.4, 0.5) is 4.79 Å². The number of nitrogens with zero attached hydrogens (tertiary/aromatic N) is 1. The Kier molecular flexibility index (Phi) is 2.32. The summed E-state index contributed by atoms with van der Waals surface area (Å²) in [7, 11) is 0. The molecule has 2 aliphatic rings. The summed E-state index contributed by atoms with van der Waals surface area (Å²) in [6.07, 6.45) is 2.61. The van der Waals surface area contributed by atoms with Crippen molar-refractivity contribution in [2.24, 2.45) is 5.92 Å². The van der Waals surface area contributed by atoms with Crippen LogP contribution in [0, 0.1) is 5.92 Å². The highest BCUT2D eigenvalue weighted by Crippen LogP contribution is 2.34. The SMILES string of the molecule is CC1(NC(=O)N2CCC(C(=O)O)C2)CC1. The number of amides is 2. The third-order valence-corrected chi connectivity index (χ3v) is 3.23. The molecular formula is C10H16N2O3. The lowest BCUT2D eigenvalue weighted by molar-refractivity contribution is -0.141. The first kappa shape index (κ1) is 10.3. The smallest absolute Gasteiger partial charge is 0.317 e. The molecule has 2 rings (SSSR count). The average Bonchev–Trinajstić information content (AvgIpc) is 2.70. The number of nitrogens with one attached hydrogen (secondary N) is 1. The second kappa shape index (κ2) is 3.40. The number of hydrogen-bond donors (Lipinski definition) is 2. The van der Waals surface area contributed by atoms with Gasteiger partial charge in [-0.2, -0.15) is 0 Å². The van der Waals surface area contributed by atoms with Gasteiger partial charge in [-0.05, 0) is 26.2 Å². The van der Waals surface area contributed by atoms with Crippen molar-refractivity contribution in [2.45, 2.75) is 31.7 Å². The van der Waals surface area contributed by atoms with E-state index < -0.39 is 5.97 Å². The summed E-state index contributed by atoms with van der Waals surface area (Å²) in [4.78, 5) is 24.0. The number of carboxylic acid groups (broad SMARTS) is 1. The monoisotopic (exact) mass is 212 g/mol. The second-order valence-electron chi connectivity index (χ2n) is 4.76. The maximum atomic E-state index is 11.7. The van der Waals surface area contributed by atoms with Gasteiger partial charge in [0.05, 0.1) is 5.92 Å². The number of aliphatic carboxylic acids is 1. The highest BCUT2D eigenvalue weighted by Gasteiger charge is 2.41. The molecule has 84 valence electrons. The summed E-state index contributed by atoms with van der Waals surface area (Å²) in [5.74, 6) is -1.19. The molecule has 1 atom stereocenters. The Morgan fingerprint density at radius 2 is 2.13 bits per heavy atom. The summed E-state index contributed by atoms with van der Waals surface area (Å²) in [6, 6.07) is -0.112. The molecule has 2 amide bonds. The van der Waals surface area contributed by atoms with Crippen LogP contribution in [0.1, 0.15) is 26.2 Å². The molecule has 15 heavy (non-hydrogen) atoms. The zero-order valence-electron chi connectivity index (χ0n) is 8.82. The Bertz CT molecular complexity index is 299. The first-order chi connectivity index (χ1) is 7.00. The molecule has 2 fully saturated rings. The van der Waals surface area contributed by atoms with Crippen molar-refractivity contribution in [1.29, 1.82) is 0 Å². The molecule has 0 aromatic rings. The Labute approximate surface area is 88.4 Å². The predicted molar refractivity (Wildman–Crippen MR) is 53.5 cm³/mol. The molecule has 2 N–H and O–H groups in total. The fraction of sp³-hybridized carbons (Fsp3) is 0.800. The third-order valence-electron chi connectivity index (χ3n) is 3.23. The van der Waals surface area contributed by atoms with Gasteiger partial charge in [-0.1, -0.05) is 0 Å². The molecule has 1 saturated heterocycles. The van der Waals surface area contributed by atoms with Crippen molar-refractivity contribution in [3.8, 4) is 0 Å². The number of likely N-dealkylation sites (tertiary alicyclic amines) is 1. The standard InChI is InChI=1S/C10H16N2O3/c1-10(3-4-10)11-9(15)12-5-2-7(6-12)8(13)14/h7H,2-6H2,1H3,(H,11,15)(H,13,14). The lowest BCUT2D eigenvalue weighted by Gasteiger charge is -2.20. The van der Waals surface area contributed by atoms with E-state index in [0.29, 0.717) is 19.5 Å². The molecule has 1 aliphatic heterocycles. The maximum Gasteiger partial charge on any atom is 0.317 e. The molecular weight excluding hydrogens is 196 g/mol. The lowest BCUT2D eigenvalue weighted by Crippen LogP contribution is -2.44. The van der Waals surface area contributed by atoms with Crippen LogP contribution >= 0.6 is 0 Å². The molecule has 0 aromatic heterocycles. The largest absolute Gasteiger partial charge is 0.481 e. The number of hydrogen-bond acceptors (Lipinski definition) is 2. The Morgan fingerprint density at radius 1 is 1.47 bits per heavy atom. The van der Waals surface area contributed by atoms with Crippen LogP contribution in [0.25, 0.3) is 0 Å². The number of carboxylic acids is 1. The number of rotatable bonds is 2. The van der Waals surface area contributed by atoms with Crippen LogP contribution < -0.4 is 5.32 Å². The van der Waals surface area contributed by atoms with Gasteiger partial charge < -0.3 is 15.3 Å². The van der Waals surface area contributed by atoms with Crippen LogP contribution in [0.3, 0.4) is 0 Å². The second-order valence-corrected chi connectivity index (χ2v) is 4.76. The van der Waals surface area contributed by atoms with E-state index in [4.69, 9.17) is 5.11 Å². The normalized spacial score (nSPS) is 27.5. The minimum absolute atomic E-state index is 0.0294. The molecule has 0 aromatic carbocycles. The van der Waals surface area contributed by atoms with Crippen LogP contribution in [0.2, 0.25) is 0 Å². The molecule has 1 unspecified atom stereocenters. The summed E-state index contributed by atoms with van der Waals surface area (Å²) >= 11 is 0. The summed E-state index contributed by atoms with van der Waals surface area (Å²) in [6.45, 7) is 2.91. The van der Waals surface area contributed by atoms with E-state index in [-0.39, 0.29) is 17.5 Å². The lowest BCUT2D eigenvalue weighted by atomic mass is 10.1.